The molecule has 6 nitrogen and oxygen atoms in total. The molecule has 0 heterocycles. The molecule has 0 aliphatic carbocycles. The van der Waals surface area contributed by atoms with Gasteiger partial charge in [-0.25, -0.2) is 4.39 Å². The molecular formula is C13H15FN2O4. The van der Waals surface area contributed by atoms with Crippen LogP contribution in [-0.4, -0.2) is 35.5 Å². The van der Waals surface area contributed by atoms with Crippen LogP contribution in [-0.2, 0) is 20.8 Å². The Kier molecular flexibility index (Phi) is 5.64. The monoisotopic (exact) mass is 282 g/mol. The summed E-state index contributed by atoms with van der Waals surface area (Å²) in [6.45, 7) is 0.987. The van der Waals surface area contributed by atoms with Gasteiger partial charge in [0.25, 0.3) is 0 Å². The van der Waals surface area contributed by atoms with Crippen molar-refractivity contribution in [1.29, 1.82) is 0 Å². The second-order valence-electron chi connectivity index (χ2n) is 4.21. The first-order chi connectivity index (χ1) is 9.38. The van der Waals surface area contributed by atoms with Crippen LogP contribution >= 0.6 is 0 Å². The highest BCUT2D eigenvalue weighted by Gasteiger charge is 2.14. The van der Waals surface area contributed by atoms with Crippen molar-refractivity contribution in [1.82, 2.24) is 10.6 Å². The van der Waals surface area contributed by atoms with E-state index in [-0.39, 0.29) is 13.0 Å². The number of carbonyl (C=O) groups excluding carboxylic acids is 2. The quantitative estimate of drug-likeness (QED) is 0.688. The highest BCUT2D eigenvalue weighted by atomic mass is 19.1. The second kappa shape index (κ2) is 7.22. The van der Waals surface area contributed by atoms with Crippen LogP contribution in [0, 0.1) is 5.82 Å². The van der Waals surface area contributed by atoms with Crippen LogP contribution in [0.15, 0.2) is 24.3 Å². The number of rotatable bonds is 6. The van der Waals surface area contributed by atoms with Crippen LogP contribution in [0.1, 0.15) is 12.5 Å². The molecule has 1 rings (SSSR count). The van der Waals surface area contributed by atoms with Crippen LogP contribution in [0.3, 0.4) is 0 Å². The Morgan fingerprint density at radius 1 is 1.30 bits per heavy atom. The topological polar surface area (TPSA) is 95.5 Å². The minimum Gasteiger partial charge on any atom is -0.480 e. The average Bonchev–Trinajstić information content (AvgIpc) is 2.36. The first-order valence-electron chi connectivity index (χ1n) is 5.92. The normalized spacial score (nSPS) is 11.5. The predicted molar refractivity (Wildman–Crippen MR) is 68.4 cm³/mol. The second-order valence-corrected chi connectivity index (χ2v) is 4.21. The van der Waals surface area contributed by atoms with Gasteiger partial charge in [0, 0.05) is 0 Å². The number of aliphatic carboxylic acids is 1. The largest absolute Gasteiger partial charge is 0.480 e. The smallest absolute Gasteiger partial charge is 0.325 e. The third kappa shape index (κ3) is 5.47. The van der Waals surface area contributed by atoms with E-state index in [0.717, 1.165) is 0 Å². The zero-order valence-electron chi connectivity index (χ0n) is 10.9. The first kappa shape index (κ1) is 15.6. The number of benzene rings is 1. The summed E-state index contributed by atoms with van der Waals surface area (Å²) in [4.78, 5) is 33.3. The van der Waals surface area contributed by atoms with Gasteiger partial charge < -0.3 is 15.7 Å². The molecule has 0 spiro atoms. The minimum atomic E-state index is -1.16. The maximum atomic E-state index is 12.9. The van der Waals surface area contributed by atoms with Crippen molar-refractivity contribution in [3.05, 3.63) is 35.6 Å². The molecule has 2 amide bonds. The van der Waals surface area contributed by atoms with Crippen LogP contribution in [0.4, 0.5) is 4.39 Å². The molecule has 0 fully saturated rings. The summed E-state index contributed by atoms with van der Waals surface area (Å²) in [6, 6.07) is 4.55. The van der Waals surface area contributed by atoms with Gasteiger partial charge in [0.2, 0.25) is 11.8 Å². The van der Waals surface area contributed by atoms with Gasteiger partial charge in [-0.3, -0.25) is 14.4 Å². The Morgan fingerprint density at radius 2 is 2.00 bits per heavy atom. The van der Waals surface area contributed by atoms with E-state index in [2.05, 4.69) is 10.6 Å². The summed E-state index contributed by atoms with van der Waals surface area (Å²) in [6.07, 6.45) is -0.0560. The molecule has 0 aliphatic heterocycles. The number of carboxylic acid groups (broad SMARTS) is 1. The minimum absolute atomic E-state index is 0.0560. The third-order valence-corrected chi connectivity index (χ3v) is 2.45. The number of carbonyl (C=O) groups is 3. The van der Waals surface area contributed by atoms with Crippen LogP contribution < -0.4 is 10.6 Å². The van der Waals surface area contributed by atoms with E-state index in [4.69, 9.17) is 5.11 Å². The van der Waals surface area contributed by atoms with Gasteiger partial charge in [-0.1, -0.05) is 12.1 Å². The lowest BCUT2D eigenvalue weighted by molar-refractivity contribution is -0.141. The van der Waals surface area contributed by atoms with Crippen molar-refractivity contribution in [3.63, 3.8) is 0 Å². The molecule has 7 heteroatoms. The fraction of sp³-hybridized carbons (Fsp3) is 0.308. The number of nitrogens with one attached hydrogen (secondary N) is 2. The average molecular weight is 282 g/mol. The van der Waals surface area contributed by atoms with E-state index in [0.29, 0.717) is 5.56 Å². The highest BCUT2D eigenvalue weighted by Crippen LogP contribution is 2.03. The molecular weight excluding hydrogens is 267 g/mol. The molecule has 0 radical (unpaired) electrons. The van der Waals surface area contributed by atoms with E-state index in [1.54, 1.807) is 6.07 Å². The summed E-state index contributed by atoms with van der Waals surface area (Å²) < 4.78 is 12.9. The lowest BCUT2D eigenvalue weighted by Gasteiger charge is -2.10. The first-order valence-corrected chi connectivity index (χ1v) is 5.92. The standard InChI is InChI=1S/C13H15FN2O4/c1-8(13(19)20)16-12(18)7-15-11(17)6-9-3-2-4-10(14)5-9/h2-5,8H,6-7H2,1H3,(H,15,17)(H,16,18)(H,19,20)/t8-/m1/s1. The molecule has 0 saturated heterocycles. The Bertz CT molecular complexity index is 519. The zero-order chi connectivity index (χ0) is 15.1. The fourth-order valence-corrected chi connectivity index (χ4v) is 1.43. The summed E-state index contributed by atoms with van der Waals surface area (Å²) in [7, 11) is 0. The maximum Gasteiger partial charge on any atom is 0.325 e. The molecule has 1 aromatic rings. The molecule has 1 atom stereocenters. The predicted octanol–water partition coefficient (Wildman–Crippen LogP) is 0.0737. The summed E-state index contributed by atoms with van der Waals surface area (Å²) in [5, 5.41) is 13.1. The van der Waals surface area contributed by atoms with Gasteiger partial charge in [-0.05, 0) is 24.6 Å². The Labute approximate surface area is 115 Å². The zero-order valence-corrected chi connectivity index (χ0v) is 10.9. The number of halogens is 1. The molecule has 3 N–H and O–H groups in total. The number of hydrogen-bond acceptors (Lipinski definition) is 3. The fourth-order valence-electron chi connectivity index (χ4n) is 1.43. The molecule has 20 heavy (non-hydrogen) atoms. The van der Waals surface area contributed by atoms with E-state index >= 15 is 0 Å². The Morgan fingerprint density at radius 3 is 2.60 bits per heavy atom. The van der Waals surface area contributed by atoms with E-state index in [9.17, 15) is 18.8 Å². The number of amides is 2. The van der Waals surface area contributed by atoms with Crippen molar-refractivity contribution in [2.24, 2.45) is 0 Å². The molecule has 108 valence electrons. The molecule has 0 unspecified atom stereocenters. The summed E-state index contributed by atoms with van der Waals surface area (Å²) in [5.41, 5.74) is 0.488. The molecule has 0 bridgehead atoms. The van der Waals surface area contributed by atoms with E-state index in [1.165, 1.54) is 25.1 Å². The van der Waals surface area contributed by atoms with Crippen LogP contribution in [0.5, 0.6) is 0 Å². The lowest BCUT2D eigenvalue weighted by Crippen LogP contribution is -2.44. The highest BCUT2D eigenvalue weighted by molar-refractivity contribution is 5.88. The van der Waals surface area contributed by atoms with E-state index < -0.39 is 29.6 Å². The number of hydrogen-bond donors (Lipinski definition) is 3. The van der Waals surface area contributed by atoms with Crippen LogP contribution in [0.2, 0.25) is 0 Å². The lowest BCUT2D eigenvalue weighted by atomic mass is 10.1. The molecule has 0 saturated carbocycles. The van der Waals surface area contributed by atoms with Gasteiger partial charge in [0.15, 0.2) is 0 Å². The maximum absolute atomic E-state index is 12.9. The van der Waals surface area contributed by atoms with Crippen LogP contribution in [0.25, 0.3) is 0 Å². The van der Waals surface area contributed by atoms with Crippen molar-refractivity contribution in [2.75, 3.05) is 6.54 Å². The molecule has 1 aromatic carbocycles. The van der Waals surface area contributed by atoms with Gasteiger partial charge in [-0.15, -0.1) is 0 Å². The molecule has 0 aliphatic rings. The van der Waals surface area contributed by atoms with Gasteiger partial charge in [0.1, 0.15) is 11.9 Å². The summed E-state index contributed by atoms with van der Waals surface area (Å²) >= 11 is 0. The van der Waals surface area contributed by atoms with Gasteiger partial charge in [-0.2, -0.15) is 0 Å². The SMILES string of the molecule is C[C@@H](NC(=O)CNC(=O)Cc1cccc(F)c1)C(=O)O. The van der Waals surface area contributed by atoms with E-state index in [1.807, 2.05) is 0 Å². The van der Waals surface area contributed by atoms with Crippen molar-refractivity contribution in [2.45, 2.75) is 19.4 Å². The molecule has 0 aromatic heterocycles. The Balaban J connectivity index is 2.36. The van der Waals surface area contributed by atoms with Crippen molar-refractivity contribution < 1.29 is 23.9 Å². The summed E-state index contributed by atoms with van der Waals surface area (Å²) in [5.74, 6) is -2.66. The van der Waals surface area contributed by atoms with Gasteiger partial charge in [0.05, 0.1) is 13.0 Å². The van der Waals surface area contributed by atoms with Crippen molar-refractivity contribution >= 4 is 17.8 Å². The van der Waals surface area contributed by atoms with Gasteiger partial charge >= 0.3 is 5.97 Å². The van der Waals surface area contributed by atoms with Crippen molar-refractivity contribution in [3.8, 4) is 0 Å². The Hall–Kier alpha value is -2.44. The third-order valence-electron chi connectivity index (χ3n) is 2.45. The number of carboxylic acids is 1.